The maximum atomic E-state index is 14.1. The van der Waals surface area contributed by atoms with Gasteiger partial charge in [-0.15, -0.1) is 0 Å². The number of ether oxygens (including phenoxy) is 2. The van der Waals surface area contributed by atoms with Crippen molar-refractivity contribution in [3.63, 3.8) is 0 Å². The molecule has 1 aliphatic carbocycles. The van der Waals surface area contributed by atoms with Crippen LogP contribution in [0.15, 0.2) is 146 Å². The molecule has 47 heavy (non-hydrogen) atoms. The van der Waals surface area contributed by atoms with Crippen LogP contribution < -0.4 is 19.3 Å². The smallest absolute Gasteiger partial charge is 0.193 e. The second-order valence-corrected chi connectivity index (χ2v) is 12.4. The van der Waals surface area contributed by atoms with E-state index in [1.807, 2.05) is 48.5 Å². The van der Waals surface area contributed by atoms with Gasteiger partial charge in [0.25, 0.3) is 0 Å². The number of para-hydroxylation sites is 2. The van der Waals surface area contributed by atoms with Gasteiger partial charge in [0.05, 0.1) is 5.41 Å². The minimum Gasteiger partial charge on any atom is -0.473 e. The maximum Gasteiger partial charge on any atom is 0.193 e. The van der Waals surface area contributed by atoms with Gasteiger partial charge in [0.15, 0.2) is 19.2 Å². The molecule has 0 saturated heterocycles. The van der Waals surface area contributed by atoms with Gasteiger partial charge in [0.2, 0.25) is 0 Å². The van der Waals surface area contributed by atoms with E-state index in [2.05, 4.69) is 107 Å². The molecule has 6 aromatic rings. The minimum atomic E-state index is -0.755. The van der Waals surface area contributed by atoms with Crippen molar-refractivity contribution in [3.05, 3.63) is 190 Å². The molecule has 0 bridgehead atoms. The SMILES string of the molecule is O=C1c2ccccc2C(c2ccc3c(c2)CN(c2ccccc2)CO3)(c2ccc3c(c2)CN(c2ccccc2)CO3)c2ccccc21. The Kier molecular flexibility index (Phi) is 6.39. The van der Waals surface area contributed by atoms with Crippen LogP contribution >= 0.6 is 0 Å². The van der Waals surface area contributed by atoms with Crippen molar-refractivity contribution in [2.24, 2.45) is 0 Å². The fourth-order valence-electron chi connectivity index (χ4n) is 7.66. The Hall–Kier alpha value is -5.81. The Balaban J connectivity index is 1.26. The third-order valence-corrected chi connectivity index (χ3v) is 9.86. The summed E-state index contributed by atoms with van der Waals surface area (Å²) in [6.07, 6.45) is 0. The fourth-order valence-corrected chi connectivity index (χ4v) is 7.66. The molecule has 6 aromatic carbocycles. The predicted octanol–water partition coefficient (Wildman–Crippen LogP) is 8.33. The topological polar surface area (TPSA) is 42.0 Å². The van der Waals surface area contributed by atoms with Gasteiger partial charge in [0, 0.05) is 46.7 Å². The van der Waals surface area contributed by atoms with Crippen molar-refractivity contribution in [1.29, 1.82) is 0 Å². The molecule has 0 N–H and O–H groups in total. The number of hydrogen-bond acceptors (Lipinski definition) is 5. The number of ketones is 1. The number of anilines is 2. The molecule has 0 saturated carbocycles. The van der Waals surface area contributed by atoms with E-state index in [0.717, 1.165) is 80.5 Å². The lowest BCUT2D eigenvalue weighted by Crippen LogP contribution is -2.39. The van der Waals surface area contributed by atoms with E-state index in [1.165, 1.54) is 0 Å². The number of rotatable bonds is 4. The highest BCUT2D eigenvalue weighted by Gasteiger charge is 2.47. The first-order valence-corrected chi connectivity index (χ1v) is 16.1. The summed E-state index contributed by atoms with van der Waals surface area (Å²) in [6.45, 7) is 2.42. The Bertz CT molecular complexity index is 1990. The Morgan fingerprint density at radius 3 is 1.38 bits per heavy atom. The Morgan fingerprint density at radius 1 is 0.489 bits per heavy atom. The number of fused-ring (bicyclic) bond motifs is 4. The molecule has 0 atom stereocenters. The van der Waals surface area contributed by atoms with Crippen LogP contribution in [0.4, 0.5) is 11.4 Å². The average Bonchev–Trinajstić information content (AvgIpc) is 3.15. The van der Waals surface area contributed by atoms with Crippen molar-refractivity contribution >= 4 is 17.2 Å². The summed E-state index contributed by atoms with van der Waals surface area (Å²) < 4.78 is 12.6. The highest BCUT2D eigenvalue weighted by atomic mass is 16.5. The molecule has 3 aliphatic rings. The highest BCUT2D eigenvalue weighted by Crippen LogP contribution is 2.52. The molecule has 0 radical (unpaired) electrons. The first-order valence-electron chi connectivity index (χ1n) is 16.1. The van der Waals surface area contributed by atoms with Gasteiger partial charge in [-0.25, -0.2) is 0 Å². The average molecular weight is 613 g/mol. The van der Waals surface area contributed by atoms with Gasteiger partial charge in [-0.2, -0.15) is 0 Å². The number of hydrogen-bond donors (Lipinski definition) is 0. The second kappa shape index (κ2) is 10.9. The monoisotopic (exact) mass is 612 g/mol. The number of carbonyl (C=O) groups is 1. The third kappa shape index (κ3) is 4.34. The van der Waals surface area contributed by atoms with Gasteiger partial charge in [-0.05, 0) is 70.8 Å². The predicted molar refractivity (Wildman–Crippen MR) is 184 cm³/mol. The molecule has 0 amide bonds. The van der Waals surface area contributed by atoms with Crippen molar-refractivity contribution in [1.82, 2.24) is 0 Å². The molecular weight excluding hydrogens is 580 g/mol. The van der Waals surface area contributed by atoms with E-state index in [0.29, 0.717) is 13.5 Å². The van der Waals surface area contributed by atoms with E-state index in [9.17, 15) is 4.79 Å². The summed E-state index contributed by atoms with van der Waals surface area (Å²) in [5.41, 5.74) is 9.32. The first kappa shape index (κ1) is 27.5. The standard InChI is InChI=1S/C42H32N2O3/c45-41-35-15-7-9-17-37(35)42(38-18-10-8-16-36(38)41,31-19-21-39-29(23-31)25-43(27-46-39)33-11-3-1-4-12-33)32-20-22-40-30(24-32)26-44(28-47-40)34-13-5-2-6-14-34/h1-24H,25-28H2. The molecule has 0 unspecified atom stereocenters. The quantitative estimate of drug-likeness (QED) is 0.200. The second-order valence-electron chi connectivity index (χ2n) is 12.4. The molecule has 9 rings (SSSR count). The van der Waals surface area contributed by atoms with Crippen LogP contribution in [0, 0.1) is 0 Å². The van der Waals surface area contributed by atoms with Crippen LogP contribution in [0.5, 0.6) is 11.5 Å². The zero-order valence-electron chi connectivity index (χ0n) is 25.8. The molecule has 2 aliphatic heterocycles. The van der Waals surface area contributed by atoms with Gasteiger partial charge in [-0.3, -0.25) is 4.79 Å². The van der Waals surface area contributed by atoms with Crippen LogP contribution in [-0.2, 0) is 18.5 Å². The lowest BCUT2D eigenvalue weighted by molar-refractivity contribution is 0.103. The maximum absolute atomic E-state index is 14.1. The lowest BCUT2D eigenvalue weighted by atomic mass is 9.59. The number of nitrogens with zero attached hydrogens (tertiary/aromatic N) is 2. The van der Waals surface area contributed by atoms with E-state index >= 15 is 0 Å². The van der Waals surface area contributed by atoms with Crippen LogP contribution in [0.2, 0.25) is 0 Å². The van der Waals surface area contributed by atoms with Crippen molar-refractivity contribution in [2.45, 2.75) is 18.5 Å². The van der Waals surface area contributed by atoms with Crippen LogP contribution in [0.25, 0.3) is 0 Å². The number of benzene rings is 6. The molecule has 2 heterocycles. The zero-order chi connectivity index (χ0) is 31.4. The summed E-state index contributed by atoms with van der Waals surface area (Å²) >= 11 is 0. The molecule has 0 fully saturated rings. The number of carbonyl (C=O) groups excluding carboxylic acids is 1. The molecule has 228 valence electrons. The summed E-state index contributed by atoms with van der Waals surface area (Å²) in [5, 5.41) is 0. The van der Waals surface area contributed by atoms with Gasteiger partial charge in [-0.1, -0.05) is 97.1 Å². The molecule has 5 nitrogen and oxygen atoms in total. The summed E-state index contributed by atoms with van der Waals surface area (Å²) in [4.78, 5) is 18.6. The normalized spacial score (nSPS) is 15.8. The van der Waals surface area contributed by atoms with Gasteiger partial charge >= 0.3 is 0 Å². The third-order valence-electron chi connectivity index (χ3n) is 9.86. The van der Waals surface area contributed by atoms with Gasteiger partial charge in [0.1, 0.15) is 11.5 Å². The van der Waals surface area contributed by atoms with E-state index in [-0.39, 0.29) is 5.78 Å². The summed E-state index contributed by atoms with van der Waals surface area (Å²) in [6, 6.07) is 50.2. The van der Waals surface area contributed by atoms with Crippen LogP contribution in [0.3, 0.4) is 0 Å². The van der Waals surface area contributed by atoms with E-state index in [1.54, 1.807) is 0 Å². The molecule has 5 heteroatoms. The van der Waals surface area contributed by atoms with E-state index < -0.39 is 5.41 Å². The van der Waals surface area contributed by atoms with Gasteiger partial charge < -0.3 is 19.3 Å². The lowest BCUT2D eigenvalue weighted by Gasteiger charge is -2.43. The minimum absolute atomic E-state index is 0.0555. The van der Waals surface area contributed by atoms with Crippen LogP contribution in [-0.4, -0.2) is 19.2 Å². The molecular formula is C42H32N2O3. The largest absolute Gasteiger partial charge is 0.473 e. The van der Waals surface area contributed by atoms with Crippen molar-refractivity contribution in [3.8, 4) is 11.5 Å². The summed E-state index contributed by atoms with van der Waals surface area (Å²) in [7, 11) is 0. The summed E-state index contributed by atoms with van der Waals surface area (Å²) in [5.74, 6) is 1.84. The van der Waals surface area contributed by atoms with Crippen molar-refractivity contribution in [2.75, 3.05) is 23.3 Å². The van der Waals surface area contributed by atoms with Crippen molar-refractivity contribution < 1.29 is 14.3 Å². The Labute approximate surface area is 274 Å². The fraction of sp³-hybridized carbons (Fsp3) is 0.119. The highest BCUT2D eigenvalue weighted by molar-refractivity contribution is 6.14. The van der Waals surface area contributed by atoms with Crippen LogP contribution in [0.1, 0.15) is 49.3 Å². The first-order chi connectivity index (χ1) is 23.2. The molecule has 0 aromatic heterocycles. The zero-order valence-corrected chi connectivity index (χ0v) is 25.8. The molecule has 0 spiro atoms. The Morgan fingerprint density at radius 2 is 0.915 bits per heavy atom. The van der Waals surface area contributed by atoms with E-state index in [4.69, 9.17) is 9.47 Å².